The molecule has 0 saturated heterocycles. The summed E-state index contributed by atoms with van der Waals surface area (Å²) in [6, 6.07) is 15.2. The molecule has 2 heterocycles. The first-order chi connectivity index (χ1) is 12.5. The molecule has 3 rings (SSSR count). The molecular formula is C22H22N2O2. The van der Waals surface area contributed by atoms with Gasteiger partial charge in [0, 0.05) is 43.4 Å². The maximum Gasteiger partial charge on any atom is 0.250 e. The van der Waals surface area contributed by atoms with E-state index in [1.807, 2.05) is 26.0 Å². The van der Waals surface area contributed by atoms with Crippen LogP contribution in [0.1, 0.15) is 45.1 Å². The maximum atomic E-state index is 12.9. The molecule has 1 atom stereocenters. The quantitative estimate of drug-likeness (QED) is 0.660. The Labute approximate surface area is 153 Å². The highest BCUT2D eigenvalue weighted by molar-refractivity contribution is 5.96. The predicted octanol–water partition coefficient (Wildman–Crippen LogP) is 3.80. The van der Waals surface area contributed by atoms with Crippen molar-refractivity contribution in [3.8, 4) is 0 Å². The van der Waals surface area contributed by atoms with Crippen molar-refractivity contribution in [1.29, 1.82) is 0 Å². The van der Waals surface area contributed by atoms with Crippen LogP contribution >= 0.6 is 0 Å². The molecule has 0 fully saturated rings. The fourth-order valence-electron chi connectivity index (χ4n) is 3.10. The van der Waals surface area contributed by atoms with Crippen molar-refractivity contribution < 1.29 is 4.79 Å². The first-order valence-corrected chi connectivity index (χ1v) is 8.63. The monoisotopic (exact) mass is 346 g/mol. The van der Waals surface area contributed by atoms with E-state index in [9.17, 15) is 9.59 Å². The van der Waals surface area contributed by atoms with Crippen LogP contribution in [0.5, 0.6) is 0 Å². The molecule has 0 bridgehead atoms. The highest BCUT2D eigenvalue weighted by atomic mass is 16.1. The van der Waals surface area contributed by atoms with Crippen molar-refractivity contribution in [2.75, 3.05) is 0 Å². The zero-order chi connectivity index (χ0) is 18.7. The number of carbonyl (C=O) groups is 1. The second kappa shape index (κ2) is 7.48. The van der Waals surface area contributed by atoms with Gasteiger partial charge in [0.1, 0.15) is 0 Å². The van der Waals surface area contributed by atoms with Gasteiger partial charge in [-0.05, 0) is 37.1 Å². The summed E-state index contributed by atoms with van der Waals surface area (Å²) < 4.78 is 1.43. The SMILES string of the molecule is Cc1ccc([C@H](CC(=O)c2ccc(=O)n(C)c2)c2ncccc2C)cc1. The van der Waals surface area contributed by atoms with Gasteiger partial charge < -0.3 is 4.57 Å². The third kappa shape index (κ3) is 3.80. The Bertz CT molecular complexity index is 988. The van der Waals surface area contributed by atoms with E-state index < -0.39 is 0 Å². The van der Waals surface area contributed by atoms with Crippen LogP contribution in [0.15, 0.2) is 65.7 Å². The first-order valence-electron chi connectivity index (χ1n) is 8.63. The molecule has 4 nitrogen and oxygen atoms in total. The number of aryl methyl sites for hydroxylation is 3. The summed E-state index contributed by atoms with van der Waals surface area (Å²) in [5, 5.41) is 0. The Balaban J connectivity index is 1.99. The van der Waals surface area contributed by atoms with Crippen LogP contribution in [0.25, 0.3) is 0 Å². The normalized spacial score (nSPS) is 12.0. The van der Waals surface area contributed by atoms with Crippen molar-refractivity contribution in [2.24, 2.45) is 7.05 Å². The summed E-state index contributed by atoms with van der Waals surface area (Å²) in [5.41, 5.74) is 4.63. The van der Waals surface area contributed by atoms with Crippen LogP contribution in [0, 0.1) is 13.8 Å². The minimum absolute atomic E-state index is 0.00349. The number of rotatable bonds is 5. The lowest BCUT2D eigenvalue weighted by Crippen LogP contribution is -2.18. The highest BCUT2D eigenvalue weighted by Gasteiger charge is 2.22. The molecule has 3 aromatic rings. The summed E-state index contributed by atoms with van der Waals surface area (Å²) in [7, 11) is 1.65. The van der Waals surface area contributed by atoms with E-state index in [-0.39, 0.29) is 17.3 Å². The van der Waals surface area contributed by atoms with Gasteiger partial charge in [-0.3, -0.25) is 14.6 Å². The Morgan fingerprint density at radius 3 is 2.46 bits per heavy atom. The Kier molecular flexibility index (Phi) is 5.12. The molecule has 1 aromatic carbocycles. The Hall–Kier alpha value is -3.01. The van der Waals surface area contributed by atoms with E-state index in [0.29, 0.717) is 12.0 Å². The van der Waals surface area contributed by atoms with E-state index in [0.717, 1.165) is 16.8 Å². The van der Waals surface area contributed by atoms with Crippen LogP contribution in [0.3, 0.4) is 0 Å². The summed E-state index contributed by atoms with van der Waals surface area (Å²) >= 11 is 0. The Morgan fingerprint density at radius 1 is 1.08 bits per heavy atom. The molecule has 0 aliphatic rings. The highest BCUT2D eigenvalue weighted by Crippen LogP contribution is 2.30. The molecule has 0 radical (unpaired) electrons. The van der Waals surface area contributed by atoms with Crippen molar-refractivity contribution in [2.45, 2.75) is 26.2 Å². The van der Waals surface area contributed by atoms with Gasteiger partial charge >= 0.3 is 0 Å². The molecule has 26 heavy (non-hydrogen) atoms. The fraction of sp³-hybridized carbons (Fsp3) is 0.227. The third-order valence-corrected chi connectivity index (χ3v) is 4.66. The van der Waals surface area contributed by atoms with Crippen LogP contribution in [0.4, 0.5) is 0 Å². The van der Waals surface area contributed by atoms with Gasteiger partial charge in [-0.1, -0.05) is 35.9 Å². The average molecular weight is 346 g/mol. The molecule has 0 unspecified atom stereocenters. The molecule has 2 aromatic heterocycles. The lowest BCUT2D eigenvalue weighted by atomic mass is 9.87. The molecule has 4 heteroatoms. The number of Topliss-reactive ketones (excluding diaryl/α,β-unsaturated/α-hetero) is 1. The van der Waals surface area contributed by atoms with Gasteiger partial charge in [0.2, 0.25) is 5.56 Å². The van der Waals surface area contributed by atoms with Gasteiger partial charge in [0.05, 0.1) is 5.69 Å². The molecule has 0 N–H and O–H groups in total. The van der Waals surface area contributed by atoms with Crippen LogP contribution in [0.2, 0.25) is 0 Å². The van der Waals surface area contributed by atoms with Crippen LogP contribution in [-0.2, 0) is 7.05 Å². The summed E-state index contributed by atoms with van der Waals surface area (Å²) in [4.78, 5) is 29.0. The molecule has 0 saturated carbocycles. The smallest absolute Gasteiger partial charge is 0.250 e. The standard InChI is InChI=1S/C22H22N2O2/c1-15-6-8-17(9-7-15)19(22-16(2)5-4-12-23-22)13-20(25)18-10-11-21(26)24(3)14-18/h4-12,14,19H,13H2,1-3H3/t19-/m0/s1. The molecule has 0 aliphatic heterocycles. The van der Waals surface area contributed by atoms with Crippen molar-refractivity contribution >= 4 is 5.78 Å². The fourth-order valence-corrected chi connectivity index (χ4v) is 3.10. The third-order valence-electron chi connectivity index (χ3n) is 4.66. The number of nitrogens with zero attached hydrogens (tertiary/aromatic N) is 2. The van der Waals surface area contributed by atoms with Crippen molar-refractivity contribution in [3.63, 3.8) is 0 Å². The lowest BCUT2D eigenvalue weighted by molar-refractivity contribution is 0.0976. The minimum Gasteiger partial charge on any atom is -0.318 e. The van der Waals surface area contributed by atoms with Gasteiger partial charge in [0.25, 0.3) is 0 Å². The first kappa shape index (κ1) is 17.8. The number of aromatic nitrogens is 2. The van der Waals surface area contributed by atoms with Crippen LogP contribution in [-0.4, -0.2) is 15.3 Å². The maximum absolute atomic E-state index is 12.9. The van der Waals surface area contributed by atoms with E-state index in [2.05, 4.69) is 29.2 Å². The summed E-state index contributed by atoms with van der Waals surface area (Å²) in [6.45, 7) is 4.06. The second-order valence-corrected chi connectivity index (χ2v) is 6.66. The molecule has 0 aliphatic carbocycles. The van der Waals surface area contributed by atoms with E-state index in [1.165, 1.54) is 16.2 Å². The molecule has 0 spiro atoms. The average Bonchev–Trinajstić information content (AvgIpc) is 2.63. The number of ketones is 1. The van der Waals surface area contributed by atoms with E-state index >= 15 is 0 Å². The van der Waals surface area contributed by atoms with Crippen molar-refractivity contribution in [3.05, 3.63) is 99.2 Å². The number of pyridine rings is 2. The van der Waals surface area contributed by atoms with Gasteiger partial charge in [-0.15, -0.1) is 0 Å². The van der Waals surface area contributed by atoms with Gasteiger partial charge in [0.15, 0.2) is 5.78 Å². The number of benzene rings is 1. The largest absolute Gasteiger partial charge is 0.318 e. The zero-order valence-electron chi connectivity index (χ0n) is 15.3. The van der Waals surface area contributed by atoms with Gasteiger partial charge in [-0.25, -0.2) is 0 Å². The second-order valence-electron chi connectivity index (χ2n) is 6.66. The predicted molar refractivity (Wildman–Crippen MR) is 103 cm³/mol. The molecular weight excluding hydrogens is 324 g/mol. The van der Waals surface area contributed by atoms with E-state index in [4.69, 9.17) is 0 Å². The van der Waals surface area contributed by atoms with E-state index in [1.54, 1.807) is 25.5 Å². The number of hydrogen-bond donors (Lipinski definition) is 0. The topological polar surface area (TPSA) is 52.0 Å². The minimum atomic E-state index is -0.128. The molecule has 0 amide bonds. The summed E-state index contributed by atoms with van der Waals surface area (Å²) in [6.07, 6.45) is 3.67. The number of carbonyl (C=O) groups excluding carboxylic acids is 1. The van der Waals surface area contributed by atoms with Gasteiger partial charge in [-0.2, -0.15) is 0 Å². The zero-order valence-corrected chi connectivity index (χ0v) is 15.3. The summed E-state index contributed by atoms with van der Waals surface area (Å²) in [5.74, 6) is -0.127. The molecule has 132 valence electrons. The van der Waals surface area contributed by atoms with Crippen LogP contribution < -0.4 is 5.56 Å². The lowest BCUT2D eigenvalue weighted by Gasteiger charge is -2.19. The Morgan fingerprint density at radius 2 is 1.81 bits per heavy atom. The number of hydrogen-bond acceptors (Lipinski definition) is 3. The van der Waals surface area contributed by atoms with Crippen molar-refractivity contribution in [1.82, 2.24) is 9.55 Å².